The smallest absolute Gasteiger partial charge is 0.408 e. The van der Waals surface area contributed by atoms with E-state index in [1.54, 1.807) is 12.1 Å². The molecule has 158 valence electrons. The van der Waals surface area contributed by atoms with Crippen LogP contribution in [0.2, 0.25) is 0 Å². The Hall–Kier alpha value is -2.24. The molecule has 1 unspecified atom stereocenters. The maximum absolute atomic E-state index is 12.5. The second-order valence-electron chi connectivity index (χ2n) is 7.82. The second-order valence-corrected chi connectivity index (χ2v) is 7.82. The first-order valence-electron chi connectivity index (χ1n) is 10.1. The average Bonchev–Trinajstić information content (AvgIpc) is 2.60. The molecular weight excluding hydrogens is 358 g/mol. The molecule has 0 aliphatic carbocycles. The highest BCUT2D eigenvalue weighted by molar-refractivity contribution is 5.92. The van der Waals surface area contributed by atoms with Crippen LogP contribution in [0.4, 0.5) is 4.79 Å². The third kappa shape index (κ3) is 8.63. The van der Waals surface area contributed by atoms with Gasteiger partial charge < -0.3 is 19.5 Å². The van der Waals surface area contributed by atoms with E-state index in [1.807, 2.05) is 40.7 Å². The zero-order chi connectivity index (χ0) is 21.2. The number of hydrogen-bond donors (Lipinski definition) is 1. The molecule has 0 bridgehead atoms. The first kappa shape index (κ1) is 23.8. The largest absolute Gasteiger partial charge is 0.493 e. The van der Waals surface area contributed by atoms with Crippen LogP contribution in [0.3, 0.4) is 0 Å². The van der Waals surface area contributed by atoms with Crippen molar-refractivity contribution < 1.29 is 23.8 Å². The van der Waals surface area contributed by atoms with E-state index in [4.69, 9.17) is 14.2 Å². The minimum absolute atomic E-state index is 0.332. The highest BCUT2D eigenvalue weighted by Gasteiger charge is 2.21. The van der Waals surface area contributed by atoms with Gasteiger partial charge in [-0.15, -0.1) is 0 Å². The number of alkyl carbamates (subject to hydrolysis) is 1. The summed E-state index contributed by atoms with van der Waals surface area (Å²) in [6, 6.07) is 4.99. The van der Waals surface area contributed by atoms with Crippen molar-refractivity contribution in [1.82, 2.24) is 5.32 Å². The zero-order valence-electron chi connectivity index (χ0n) is 18.1. The number of esters is 1. The van der Waals surface area contributed by atoms with Gasteiger partial charge in [0.05, 0.1) is 19.3 Å². The topological polar surface area (TPSA) is 73.9 Å². The van der Waals surface area contributed by atoms with Crippen LogP contribution < -0.4 is 10.1 Å². The molecule has 1 atom stereocenters. The number of amides is 1. The second kappa shape index (κ2) is 11.6. The van der Waals surface area contributed by atoms with Crippen LogP contribution in [0.25, 0.3) is 0 Å². The molecule has 1 aromatic rings. The molecule has 6 heteroatoms. The van der Waals surface area contributed by atoms with Crippen LogP contribution in [0.1, 0.15) is 89.2 Å². The van der Waals surface area contributed by atoms with Gasteiger partial charge in [0.2, 0.25) is 0 Å². The molecule has 0 aliphatic heterocycles. The molecule has 1 amide bonds. The van der Waals surface area contributed by atoms with Gasteiger partial charge in [-0.1, -0.05) is 32.8 Å². The summed E-state index contributed by atoms with van der Waals surface area (Å²) in [5, 5.41) is 2.79. The van der Waals surface area contributed by atoms with Crippen molar-refractivity contribution in [3.63, 3.8) is 0 Å². The quantitative estimate of drug-likeness (QED) is 0.425. The lowest BCUT2D eigenvalue weighted by molar-refractivity contribution is 0.0492. The third-order valence-electron chi connectivity index (χ3n) is 3.94. The fourth-order valence-electron chi connectivity index (χ4n) is 2.38. The van der Waals surface area contributed by atoms with Gasteiger partial charge in [-0.05, 0) is 58.2 Å². The minimum Gasteiger partial charge on any atom is -0.493 e. The van der Waals surface area contributed by atoms with Gasteiger partial charge in [0.1, 0.15) is 16.9 Å². The maximum Gasteiger partial charge on any atom is 0.408 e. The van der Waals surface area contributed by atoms with Gasteiger partial charge in [0.25, 0.3) is 0 Å². The highest BCUT2D eigenvalue weighted by Crippen LogP contribution is 2.25. The number of carbonyl (C=O) groups is 2. The Balaban J connectivity index is 2.95. The van der Waals surface area contributed by atoms with Gasteiger partial charge >= 0.3 is 12.1 Å². The number of nitrogens with one attached hydrogen (secondary N) is 1. The third-order valence-corrected chi connectivity index (χ3v) is 3.94. The first-order chi connectivity index (χ1) is 13.2. The van der Waals surface area contributed by atoms with E-state index >= 15 is 0 Å². The van der Waals surface area contributed by atoms with Crippen LogP contribution in [-0.4, -0.2) is 30.9 Å². The molecule has 0 spiro atoms. The van der Waals surface area contributed by atoms with E-state index in [1.165, 1.54) is 0 Å². The monoisotopic (exact) mass is 393 g/mol. The molecule has 6 nitrogen and oxygen atoms in total. The Morgan fingerprint density at radius 3 is 2.32 bits per heavy atom. The van der Waals surface area contributed by atoms with Crippen molar-refractivity contribution in [2.24, 2.45) is 0 Å². The molecule has 0 radical (unpaired) electrons. The fraction of sp³-hybridized carbons (Fsp3) is 0.636. The Morgan fingerprint density at radius 2 is 1.71 bits per heavy atom. The van der Waals surface area contributed by atoms with E-state index in [2.05, 4.69) is 12.2 Å². The van der Waals surface area contributed by atoms with Crippen LogP contribution in [0, 0.1) is 0 Å². The Kier molecular flexibility index (Phi) is 9.83. The van der Waals surface area contributed by atoms with Crippen molar-refractivity contribution in [2.75, 3.05) is 13.2 Å². The summed E-state index contributed by atoms with van der Waals surface area (Å²) in [5.41, 5.74) is 0.577. The highest BCUT2D eigenvalue weighted by atomic mass is 16.6. The standard InChI is InChI=1S/C22H35NO5/c1-7-9-13-26-19-12-11-17(15-18(19)20(24)27-14-10-8-2)16(3)23-21(25)28-22(4,5)6/h11-12,15-16H,7-10,13-14H2,1-6H3,(H,23,25). The fourth-order valence-corrected chi connectivity index (χ4v) is 2.38. The Morgan fingerprint density at radius 1 is 1.07 bits per heavy atom. The van der Waals surface area contributed by atoms with Gasteiger partial charge in [-0.3, -0.25) is 0 Å². The molecule has 1 rings (SSSR count). The van der Waals surface area contributed by atoms with E-state index in [-0.39, 0.29) is 6.04 Å². The number of unbranched alkanes of at least 4 members (excludes halogenated alkanes) is 2. The van der Waals surface area contributed by atoms with Crippen molar-refractivity contribution in [2.45, 2.75) is 78.9 Å². The SMILES string of the molecule is CCCCOC(=O)c1cc(C(C)NC(=O)OC(C)(C)C)ccc1OCCCC. The predicted octanol–water partition coefficient (Wildman–Crippen LogP) is 5.41. The van der Waals surface area contributed by atoms with Gasteiger partial charge in [-0.25, -0.2) is 9.59 Å². The maximum atomic E-state index is 12.5. The van der Waals surface area contributed by atoms with E-state index in [0.29, 0.717) is 24.5 Å². The lowest BCUT2D eigenvalue weighted by atomic mass is 10.0. The molecule has 0 aliphatic rings. The lowest BCUT2D eigenvalue weighted by Gasteiger charge is -2.22. The van der Waals surface area contributed by atoms with Gasteiger partial charge in [0, 0.05) is 0 Å². The number of ether oxygens (including phenoxy) is 3. The van der Waals surface area contributed by atoms with Gasteiger partial charge in [-0.2, -0.15) is 0 Å². The summed E-state index contributed by atoms with van der Waals surface area (Å²) in [7, 11) is 0. The molecule has 28 heavy (non-hydrogen) atoms. The molecule has 0 saturated heterocycles. The lowest BCUT2D eigenvalue weighted by Crippen LogP contribution is -2.34. The minimum atomic E-state index is -0.574. The summed E-state index contributed by atoms with van der Waals surface area (Å²) in [4.78, 5) is 24.6. The van der Waals surface area contributed by atoms with Crippen LogP contribution in [-0.2, 0) is 9.47 Å². The van der Waals surface area contributed by atoms with Gasteiger partial charge in [0.15, 0.2) is 0 Å². The number of carbonyl (C=O) groups excluding carboxylic acids is 2. The summed E-state index contributed by atoms with van der Waals surface area (Å²) in [5.74, 6) is 0.0921. The average molecular weight is 394 g/mol. The van der Waals surface area contributed by atoms with Crippen LogP contribution >= 0.6 is 0 Å². The zero-order valence-corrected chi connectivity index (χ0v) is 18.1. The molecule has 0 fully saturated rings. The van der Waals surface area contributed by atoms with Crippen molar-refractivity contribution in [3.8, 4) is 5.75 Å². The first-order valence-corrected chi connectivity index (χ1v) is 10.1. The van der Waals surface area contributed by atoms with Crippen molar-refractivity contribution >= 4 is 12.1 Å². The Bertz CT molecular complexity index is 636. The Labute approximate surface area is 168 Å². The van der Waals surface area contributed by atoms with E-state index in [9.17, 15) is 9.59 Å². The predicted molar refractivity (Wildman–Crippen MR) is 110 cm³/mol. The summed E-state index contributed by atoms with van der Waals surface area (Å²) >= 11 is 0. The number of benzene rings is 1. The summed E-state index contributed by atoms with van der Waals surface area (Å²) in [6.45, 7) is 12.3. The van der Waals surface area contributed by atoms with Crippen LogP contribution in [0.15, 0.2) is 18.2 Å². The van der Waals surface area contributed by atoms with E-state index in [0.717, 1.165) is 31.2 Å². The molecule has 0 saturated carbocycles. The molecule has 0 heterocycles. The molecule has 1 N–H and O–H groups in total. The molecule has 0 aromatic heterocycles. The summed E-state index contributed by atoms with van der Waals surface area (Å²) < 4.78 is 16.4. The molecular formula is C22H35NO5. The van der Waals surface area contributed by atoms with E-state index < -0.39 is 17.7 Å². The number of hydrogen-bond acceptors (Lipinski definition) is 5. The van der Waals surface area contributed by atoms with Crippen LogP contribution in [0.5, 0.6) is 5.75 Å². The molecule has 1 aromatic carbocycles. The van der Waals surface area contributed by atoms with Crippen molar-refractivity contribution in [1.29, 1.82) is 0 Å². The van der Waals surface area contributed by atoms with Crippen molar-refractivity contribution in [3.05, 3.63) is 29.3 Å². The number of rotatable bonds is 10. The summed E-state index contributed by atoms with van der Waals surface area (Å²) in [6.07, 6.45) is 3.17. The normalized spacial score (nSPS) is 12.2.